The van der Waals surface area contributed by atoms with Crippen LogP contribution in [0.4, 0.5) is 0 Å². The molecule has 0 heterocycles. The molecule has 19 heavy (non-hydrogen) atoms. The van der Waals surface area contributed by atoms with Crippen LogP contribution in [0, 0.1) is 30.8 Å². The molecule has 1 aromatic carbocycles. The first-order valence-electron chi connectivity index (χ1n) is 6.65. The van der Waals surface area contributed by atoms with E-state index in [1.165, 1.54) is 0 Å². The third-order valence-electron chi connectivity index (χ3n) is 5.09. The summed E-state index contributed by atoms with van der Waals surface area (Å²) in [4.78, 5) is 25.6. The SMILES string of the molecule is O=C1c2cc(I)cc(I)c2C(=O)C2C3CCC(C3)C12. The maximum absolute atomic E-state index is 12.8. The molecule has 0 saturated heterocycles. The van der Waals surface area contributed by atoms with Gasteiger partial charge in [0.15, 0.2) is 11.6 Å². The number of carbonyl (C=O) groups excluding carboxylic acids is 2. The molecule has 4 atom stereocenters. The highest BCUT2D eigenvalue weighted by Gasteiger charge is 2.56. The zero-order chi connectivity index (χ0) is 13.3. The topological polar surface area (TPSA) is 34.1 Å². The van der Waals surface area contributed by atoms with Crippen molar-refractivity contribution < 1.29 is 9.59 Å². The fourth-order valence-corrected chi connectivity index (χ4v) is 6.52. The Bertz CT molecular complexity index is 623. The van der Waals surface area contributed by atoms with Crippen molar-refractivity contribution >= 4 is 56.7 Å². The predicted molar refractivity (Wildman–Crippen MR) is 88.3 cm³/mol. The largest absolute Gasteiger partial charge is 0.294 e. The van der Waals surface area contributed by atoms with Gasteiger partial charge in [0.25, 0.3) is 0 Å². The molecule has 0 spiro atoms. The molecule has 1 aromatic rings. The summed E-state index contributed by atoms with van der Waals surface area (Å²) < 4.78 is 1.99. The van der Waals surface area contributed by atoms with E-state index in [-0.39, 0.29) is 23.4 Å². The lowest BCUT2D eigenvalue weighted by Crippen LogP contribution is -2.40. The van der Waals surface area contributed by atoms with Crippen molar-refractivity contribution in [2.75, 3.05) is 0 Å². The van der Waals surface area contributed by atoms with Gasteiger partial charge in [-0.1, -0.05) is 0 Å². The fraction of sp³-hybridized carbons (Fsp3) is 0.467. The summed E-state index contributed by atoms with van der Waals surface area (Å²) in [5.74, 6) is 1.40. The molecule has 2 nitrogen and oxygen atoms in total. The van der Waals surface area contributed by atoms with Crippen LogP contribution >= 0.6 is 45.2 Å². The summed E-state index contributed by atoms with van der Waals surface area (Å²) in [5, 5.41) is 0. The Hall–Kier alpha value is 0.0200. The Morgan fingerprint density at radius 3 is 2.26 bits per heavy atom. The Morgan fingerprint density at radius 1 is 0.947 bits per heavy atom. The minimum absolute atomic E-state index is 0.00671. The van der Waals surface area contributed by atoms with Gasteiger partial charge in [-0.3, -0.25) is 9.59 Å². The molecular formula is C15H12I2O2. The standard InChI is InChI=1S/C15H12I2O2/c16-8-4-9-13(10(17)5-8)15(19)12-7-2-1-6(3-7)11(12)14(9)18/h4-7,11-12H,1-3H2. The average Bonchev–Trinajstić information content (AvgIpc) is 2.95. The highest BCUT2D eigenvalue weighted by molar-refractivity contribution is 14.1. The van der Waals surface area contributed by atoms with Crippen LogP contribution < -0.4 is 0 Å². The van der Waals surface area contributed by atoms with Crippen LogP contribution in [0.25, 0.3) is 0 Å². The van der Waals surface area contributed by atoms with Gasteiger partial charge in [0.1, 0.15) is 0 Å². The number of hydrogen-bond donors (Lipinski definition) is 0. The zero-order valence-electron chi connectivity index (χ0n) is 10.2. The van der Waals surface area contributed by atoms with Crippen LogP contribution in [0.1, 0.15) is 40.0 Å². The minimum Gasteiger partial charge on any atom is -0.294 e. The van der Waals surface area contributed by atoms with Gasteiger partial charge >= 0.3 is 0 Å². The third-order valence-corrected chi connectivity index (χ3v) is 6.56. The van der Waals surface area contributed by atoms with Crippen molar-refractivity contribution in [2.24, 2.45) is 23.7 Å². The maximum atomic E-state index is 12.8. The second-order valence-electron chi connectivity index (χ2n) is 5.92. The van der Waals surface area contributed by atoms with Crippen molar-refractivity contribution in [1.29, 1.82) is 0 Å². The molecular weight excluding hydrogens is 466 g/mol. The second-order valence-corrected chi connectivity index (χ2v) is 8.33. The molecule has 98 valence electrons. The monoisotopic (exact) mass is 478 g/mol. The Morgan fingerprint density at radius 2 is 1.58 bits per heavy atom. The molecule has 4 heteroatoms. The number of halogens is 2. The van der Waals surface area contributed by atoms with Gasteiger partial charge in [0.2, 0.25) is 0 Å². The maximum Gasteiger partial charge on any atom is 0.168 e. The molecule has 3 aliphatic rings. The van der Waals surface area contributed by atoms with Gasteiger partial charge in [-0.05, 0) is 88.4 Å². The van der Waals surface area contributed by atoms with Crippen molar-refractivity contribution in [3.05, 3.63) is 30.4 Å². The number of carbonyl (C=O) groups is 2. The number of rotatable bonds is 0. The molecule has 2 fully saturated rings. The predicted octanol–water partition coefficient (Wildman–Crippen LogP) is 3.94. The summed E-state index contributed by atoms with van der Waals surface area (Å²) in [6.07, 6.45) is 3.37. The van der Waals surface area contributed by atoms with E-state index in [2.05, 4.69) is 45.2 Å². The van der Waals surface area contributed by atoms with Crippen molar-refractivity contribution in [3.8, 4) is 0 Å². The van der Waals surface area contributed by atoms with Crippen LogP contribution in [-0.4, -0.2) is 11.6 Å². The normalized spacial score (nSPS) is 35.5. The summed E-state index contributed by atoms with van der Waals surface area (Å²) in [7, 11) is 0. The van der Waals surface area contributed by atoms with Gasteiger partial charge in [-0.2, -0.15) is 0 Å². The van der Waals surface area contributed by atoms with Gasteiger partial charge in [-0.15, -0.1) is 0 Å². The smallest absolute Gasteiger partial charge is 0.168 e. The molecule has 0 aliphatic heterocycles. The van der Waals surface area contributed by atoms with Gasteiger partial charge < -0.3 is 0 Å². The third kappa shape index (κ3) is 1.65. The molecule has 4 unspecified atom stereocenters. The number of benzene rings is 1. The van der Waals surface area contributed by atoms with E-state index in [0.29, 0.717) is 23.0 Å². The van der Waals surface area contributed by atoms with E-state index in [9.17, 15) is 9.59 Å². The number of Topliss-reactive ketones (excluding diaryl/α,β-unsaturated/α-hetero) is 2. The van der Waals surface area contributed by atoms with E-state index in [4.69, 9.17) is 0 Å². The van der Waals surface area contributed by atoms with Gasteiger partial charge in [-0.25, -0.2) is 0 Å². The van der Waals surface area contributed by atoms with Gasteiger partial charge in [0.05, 0.1) is 0 Å². The first-order chi connectivity index (χ1) is 9.08. The van der Waals surface area contributed by atoms with E-state index < -0.39 is 0 Å². The van der Waals surface area contributed by atoms with E-state index in [1.807, 2.05) is 12.1 Å². The number of hydrogen-bond acceptors (Lipinski definition) is 2. The Kier molecular flexibility index (Phi) is 2.85. The van der Waals surface area contributed by atoms with Crippen molar-refractivity contribution in [1.82, 2.24) is 0 Å². The lowest BCUT2D eigenvalue weighted by atomic mass is 9.67. The molecule has 2 bridgehead atoms. The van der Waals surface area contributed by atoms with E-state index >= 15 is 0 Å². The van der Waals surface area contributed by atoms with Crippen molar-refractivity contribution in [2.45, 2.75) is 19.3 Å². The molecule has 0 aromatic heterocycles. The lowest BCUT2D eigenvalue weighted by molar-refractivity contribution is 0.0660. The molecule has 2 saturated carbocycles. The molecule has 3 aliphatic carbocycles. The average molecular weight is 478 g/mol. The van der Waals surface area contributed by atoms with Crippen LogP contribution in [0.3, 0.4) is 0 Å². The Labute approximate surface area is 139 Å². The minimum atomic E-state index is -0.00710. The van der Waals surface area contributed by atoms with Crippen LogP contribution in [-0.2, 0) is 0 Å². The van der Waals surface area contributed by atoms with Crippen LogP contribution in [0.15, 0.2) is 12.1 Å². The highest BCUT2D eigenvalue weighted by Crippen LogP contribution is 2.56. The van der Waals surface area contributed by atoms with Crippen LogP contribution in [0.5, 0.6) is 0 Å². The first kappa shape index (κ1) is 12.7. The molecule has 4 rings (SSSR count). The summed E-state index contributed by atoms with van der Waals surface area (Å²) in [5.41, 5.74) is 1.40. The summed E-state index contributed by atoms with van der Waals surface area (Å²) in [6, 6.07) is 3.90. The van der Waals surface area contributed by atoms with Gasteiger partial charge in [0, 0.05) is 30.1 Å². The number of ketones is 2. The van der Waals surface area contributed by atoms with E-state index in [1.54, 1.807) is 0 Å². The first-order valence-corrected chi connectivity index (χ1v) is 8.81. The summed E-state index contributed by atoms with van der Waals surface area (Å²) in [6.45, 7) is 0. The quantitative estimate of drug-likeness (QED) is 0.530. The fourth-order valence-electron chi connectivity index (χ4n) is 4.41. The zero-order valence-corrected chi connectivity index (χ0v) is 14.5. The second kappa shape index (κ2) is 4.26. The summed E-state index contributed by atoms with van der Waals surface area (Å²) >= 11 is 4.42. The molecule has 0 N–H and O–H groups in total. The molecule has 0 radical (unpaired) electrons. The lowest BCUT2D eigenvalue weighted by Gasteiger charge is -2.34. The highest BCUT2D eigenvalue weighted by atomic mass is 127. The van der Waals surface area contributed by atoms with Crippen LogP contribution in [0.2, 0.25) is 0 Å². The van der Waals surface area contributed by atoms with Crippen molar-refractivity contribution in [3.63, 3.8) is 0 Å². The number of fused-ring (bicyclic) bond motifs is 6. The van der Waals surface area contributed by atoms with E-state index in [0.717, 1.165) is 26.4 Å². The molecule has 0 amide bonds. The Balaban J connectivity index is 1.94.